The van der Waals surface area contributed by atoms with Crippen LogP contribution in [0.1, 0.15) is 44.0 Å². The first-order valence-corrected chi connectivity index (χ1v) is 7.35. The van der Waals surface area contributed by atoms with Crippen molar-refractivity contribution in [2.24, 2.45) is 0 Å². The molecule has 0 radical (unpaired) electrons. The first kappa shape index (κ1) is 15.5. The van der Waals surface area contributed by atoms with Crippen LogP contribution in [0.2, 0.25) is 0 Å². The fraction of sp³-hybridized carbons (Fsp3) is 0.333. The lowest BCUT2D eigenvalue weighted by Crippen LogP contribution is -2.23. The third kappa shape index (κ3) is 4.05. The van der Waals surface area contributed by atoms with Gasteiger partial charge in [-0.05, 0) is 44.5 Å². The second-order valence-electron chi connectivity index (χ2n) is 5.13. The number of halogens is 1. The summed E-state index contributed by atoms with van der Waals surface area (Å²) in [7, 11) is 0. The molecule has 0 aromatic heterocycles. The van der Waals surface area contributed by atoms with Crippen LogP contribution in [0.5, 0.6) is 5.75 Å². The summed E-state index contributed by atoms with van der Waals surface area (Å²) in [5.41, 5.74) is 2.20. The molecule has 0 heterocycles. The van der Waals surface area contributed by atoms with Gasteiger partial charge in [0.25, 0.3) is 0 Å². The number of hydrogen-bond donors (Lipinski definition) is 1. The van der Waals surface area contributed by atoms with E-state index in [0.717, 1.165) is 16.9 Å². The Morgan fingerprint density at radius 1 is 1.00 bits per heavy atom. The van der Waals surface area contributed by atoms with Crippen LogP contribution in [0.15, 0.2) is 48.5 Å². The van der Waals surface area contributed by atoms with E-state index in [1.54, 1.807) is 0 Å². The van der Waals surface area contributed by atoms with Gasteiger partial charge in [0.15, 0.2) is 0 Å². The van der Waals surface area contributed by atoms with Crippen molar-refractivity contribution in [3.8, 4) is 5.75 Å². The molecular weight excluding hydrogens is 265 g/mol. The molecule has 2 aromatic rings. The number of hydrogen-bond acceptors (Lipinski definition) is 2. The van der Waals surface area contributed by atoms with Crippen LogP contribution in [0.25, 0.3) is 0 Å². The maximum Gasteiger partial charge on any atom is 0.124 e. The van der Waals surface area contributed by atoms with Crippen molar-refractivity contribution in [1.29, 1.82) is 0 Å². The molecule has 0 fully saturated rings. The van der Waals surface area contributed by atoms with Crippen LogP contribution in [0, 0.1) is 5.82 Å². The summed E-state index contributed by atoms with van der Waals surface area (Å²) in [4.78, 5) is 0. The molecule has 2 rings (SSSR count). The first-order chi connectivity index (χ1) is 10.1. The minimum absolute atomic E-state index is 0.135. The third-order valence-corrected chi connectivity index (χ3v) is 3.56. The molecule has 0 aliphatic heterocycles. The minimum atomic E-state index is -0.208. The van der Waals surface area contributed by atoms with E-state index in [4.69, 9.17) is 4.74 Å². The summed E-state index contributed by atoms with van der Waals surface area (Å²) in [6, 6.07) is 14.9. The van der Waals surface area contributed by atoms with E-state index in [9.17, 15) is 4.39 Å². The van der Waals surface area contributed by atoms with Gasteiger partial charge in [-0.2, -0.15) is 0 Å². The maximum atomic E-state index is 13.0. The Balaban J connectivity index is 2.10. The van der Waals surface area contributed by atoms with Crippen molar-refractivity contribution >= 4 is 0 Å². The molecule has 3 heteroatoms. The molecular formula is C18H22FNO. The largest absolute Gasteiger partial charge is 0.494 e. The number of rotatable bonds is 6. The highest BCUT2D eigenvalue weighted by Crippen LogP contribution is 2.27. The van der Waals surface area contributed by atoms with Gasteiger partial charge in [0.1, 0.15) is 11.6 Å². The van der Waals surface area contributed by atoms with Crippen molar-refractivity contribution in [2.45, 2.75) is 32.9 Å². The van der Waals surface area contributed by atoms with Gasteiger partial charge < -0.3 is 10.1 Å². The molecule has 2 nitrogen and oxygen atoms in total. The summed E-state index contributed by atoms with van der Waals surface area (Å²) in [6.45, 7) is 6.82. The van der Waals surface area contributed by atoms with Gasteiger partial charge in [-0.1, -0.05) is 30.3 Å². The molecule has 2 atom stereocenters. The zero-order valence-electron chi connectivity index (χ0n) is 12.8. The average Bonchev–Trinajstić information content (AvgIpc) is 2.48. The lowest BCUT2D eigenvalue weighted by Gasteiger charge is -2.22. The van der Waals surface area contributed by atoms with Crippen molar-refractivity contribution in [3.63, 3.8) is 0 Å². The summed E-state index contributed by atoms with van der Waals surface area (Å²) in [5, 5.41) is 3.53. The smallest absolute Gasteiger partial charge is 0.124 e. The van der Waals surface area contributed by atoms with Gasteiger partial charge in [-0.25, -0.2) is 4.39 Å². The maximum absolute atomic E-state index is 13.0. The van der Waals surface area contributed by atoms with Crippen molar-refractivity contribution in [2.75, 3.05) is 6.61 Å². The van der Waals surface area contributed by atoms with E-state index >= 15 is 0 Å². The topological polar surface area (TPSA) is 21.3 Å². The quantitative estimate of drug-likeness (QED) is 0.836. The molecule has 0 spiro atoms. The molecule has 0 bridgehead atoms. The average molecular weight is 287 g/mol. The molecule has 0 saturated heterocycles. The van der Waals surface area contributed by atoms with Gasteiger partial charge in [-0.3, -0.25) is 0 Å². The van der Waals surface area contributed by atoms with Gasteiger partial charge in [0, 0.05) is 17.6 Å². The van der Waals surface area contributed by atoms with Crippen LogP contribution in [-0.2, 0) is 0 Å². The van der Waals surface area contributed by atoms with Crippen molar-refractivity contribution in [1.82, 2.24) is 5.32 Å². The molecule has 21 heavy (non-hydrogen) atoms. The summed E-state index contributed by atoms with van der Waals surface area (Å²) in [6.07, 6.45) is 0. The molecule has 0 aliphatic carbocycles. The van der Waals surface area contributed by atoms with E-state index in [1.807, 2.05) is 37.3 Å². The zero-order chi connectivity index (χ0) is 15.2. The van der Waals surface area contributed by atoms with Gasteiger partial charge in [0.2, 0.25) is 0 Å². The second kappa shape index (κ2) is 7.23. The lowest BCUT2D eigenvalue weighted by atomic mass is 10.0. The molecule has 0 aliphatic rings. The molecule has 1 N–H and O–H groups in total. The van der Waals surface area contributed by atoms with Gasteiger partial charge >= 0.3 is 0 Å². The Bertz CT molecular complexity index is 568. The Kier molecular flexibility index (Phi) is 5.34. The van der Waals surface area contributed by atoms with Crippen LogP contribution < -0.4 is 10.1 Å². The molecule has 112 valence electrons. The highest BCUT2D eigenvalue weighted by molar-refractivity contribution is 5.36. The predicted octanol–water partition coefficient (Wildman–Crippen LogP) is 4.64. The van der Waals surface area contributed by atoms with Gasteiger partial charge in [-0.15, -0.1) is 0 Å². The summed E-state index contributed by atoms with van der Waals surface area (Å²) >= 11 is 0. The predicted molar refractivity (Wildman–Crippen MR) is 84.0 cm³/mol. The van der Waals surface area contributed by atoms with E-state index < -0.39 is 0 Å². The van der Waals surface area contributed by atoms with E-state index in [2.05, 4.69) is 25.2 Å². The number of benzene rings is 2. The second-order valence-corrected chi connectivity index (χ2v) is 5.13. The Labute approximate surface area is 126 Å². The normalized spacial score (nSPS) is 13.7. The standard InChI is InChI=1S/C18H22FNO/c1-4-21-18-8-6-5-7-17(18)14(3)20-13(2)15-9-11-16(19)12-10-15/h5-14,20H,4H2,1-3H3/t13-,14?/m1/s1. The van der Waals surface area contributed by atoms with Crippen molar-refractivity contribution in [3.05, 3.63) is 65.5 Å². The number of nitrogens with one attached hydrogen (secondary N) is 1. The van der Waals surface area contributed by atoms with Crippen LogP contribution in [-0.4, -0.2) is 6.61 Å². The highest BCUT2D eigenvalue weighted by Gasteiger charge is 2.14. The summed E-state index contributed by atoms with van der Waals surface area (Å²) in [5.74, 6) is 0.701. The van der Waals surface area contributed by atoms with Crippen molar-refractivity contribution < 1.29 is 9.13 Å². The third-order valence-electron chi connectivity index (χ3n) is 3.56. The monoisotopic (exact) mass is 287 g/mol. The molecule has 2 aromatic carbocycles. The minimum Gasteiger partial charge on any atom is -0.494 e. The summed E-state index contributed by atoms with van der Waals surface area (Å²) < 4.78 is 18.6. The Hall–Kier alpha value is -1.87. The fourth-order valence-electron chi connectivity index (χ4n) is 2.44. The van der Waals surface area contributed by atoms with E-state index in [0.29, 0.717) is 6.61 Å². The highest BCUT2D eigenvalue weighted by atomic mass is 19.1. The van der Waals surface area contributed by atoms with Crippen LogP contribution >= 0.6 is 0 Å². The Morgan fingerprint density at radius 2 is 1.67 bits per heavy atom. The SMILES string of the molecule is CCOc1ccccc1C(C)N[C@H](C)c1ccc(F)cc1. The number of ether oxygens (including phenoxy) is 1. The molecule has 1 unspecified atom stereocenters. The first-order valence-electron chi connectivity index (χ1n) is 7.35. The van der Waals surface area contributed by atoms with E-state index in [1.165, 1.54) is 12.1 Å². The van der Waals surface area contributed by atoms with E-state index in [-0.39, 0.29) is 17.9 Å². The van der Waals surface area contributed by atoms with Crippen LogP contribution in [0.4, 0.5) is 4.39 Å². The molecule has 0 amide bonds. The van der Waals surface area contributed by atoms with Crippen LogP contribution in [0.3, 0.4) is 0 Å². The zero-order valence-corrected chi connectivity index (χ0v) is 12.8. The van der Waals surface area contributed by atoms with Gasteiger partial charge in [0.05, 0.1) is 6.61 Å². The Morgan fingerprint density at radius 3 is 2.33 bits per heavy atom. The molecule has 0 saturated carbocycles. The fourth-order valence-corrected chi connectivity index (χ4v) is 2.44. The number of para-hydroxylation sites is 1. The lowest BCUT2D eigenvalue weighted by molar-refractivity contribution is 0.331.